The molecular weight excluding hydrogens is 382 g/mol. The second kappa shape index (κ2) is 7.36. The van der Waals surface area contributed by atoms with Crippen molar-refractivity contribution in [2.45, 2.75) is 19.1 Å². The van der Waals surface area contributed by atoms with Gasteiger partial charge < -0.3 is 10.4 Å². The lowest BCUT2D eigenvalue weighted by Gasteiger charge is -2.19. The van der Waals surface area contributed by atoms with Crippen molar-refractivity contribution in [2.24, 2.45) is 0 Å². The Morgan fingerprint density at radius 3 is 2.55 bits per heavy atom. The monoisotopic (exact) mass is 397 g/mol. The summed E-state index contributed by atoms with van der Waals surface area (Å²) in [6, 6.07) is 16.0. The van der Waals surface area contributed by atoms with Crippen molar-refractivity contribution in [1.29, 1.82) is 0 Å². The molecule has 0 radical (unpaired) electrons. The first kappa shape index (κ1) is 15.7. The molecule has 0 aliphatic carbocycles. The van der Waals surface area contributed by atoms with Gasteiger partial charge in [-0.2, -0.15) is 0 Å². The normalized spacial score (nSPS) is 14.0. The first-order valence-electron chi connectivity index (χ1n) is 6.49. The molecule has 0 amide bonds. The molecule has 2 aromatic carbocycles. The van der Waals surface area contributed by atoms with E-state index in [1.807, 2.05) is 42.5 Å². The summed E-state index contributed by atoms with van der Waals surface area (Å²) < 4.78 is 2.06. The molecule has 20 heavy (non-hydrogen) atoms. The predicted molar refractivity (Wildman–Crippen MR) is 89.7 cm³/mol. The van der Waals surface area contributed by atoms with Crippen molar-refractivity contribution < 1.29 is 5.11 Å². The molecule has 0 aliphatic heterocycles. The Balaban J connectivity index is 1.97. The molecule has 2 rings (SSSR count). The van der Waals surface area contributed by atoms with Crippen molar-refractivity contribution in [1.82, 2.24) is 5.32 Å². The largest absolute Gasteiger partial charge is 0.387 e. The molecule has 1 unspecified atom stereocenters. The molecule has 0 heterocycles. The maximum Gasteiger partial charge on any atom is 0.0914 e. The van der Waals surface area contributed by atoms with Gasteiger partial charge in [-0.25, -0.2) is 0 Å². The summed E-state index contributed by atoms with van der Waals surface area (Å²) in [7, 11) is 0. The van der Waals surface area contributed by atoms with Crippen LogP contribution in [-0.4, -0.2) is 11.7 Å². The molecular formula is C16H17Br2NO. The Labute approximate surface area is 136 Å². The second-order valence-electron chi connectivity index (χ2n) is 4.72. The third kappa shape index (κ3) is 4.16. The fraction of sp³-hybridized carbons (Fsp3) is 0.250. The van der Waals surface area contributed by atoms with Gasteiger partial charge in [0, 0.05) is 21.5 Å². The number of rotatable bonds is 5. The predicted octanol–water partition coefficient (Wildman–Crippen LogP) is 4.60. The third-order valence-corrected chi connectivity index (χ3v) is 4.44. The van der Waals surface area contributed by atoms with Crippen LogP contribution in [0.2, 0.25) is 0 Å². The highest BCUT2D eigenvalue weighted by Gasteiger charge is 2.12. The summed E-state index contributed by atoms with van der Waals surface area (Å²) in [5, 5.41) is 13.6. The van der Waals surface area contributed by atoms with Crippen molar-refractivity contribution in [3.8, 4) is 0 Å². The van der Waals surface area contributed by atoms with Gasteiger partial charge >= 0.3 is 0 Å². The molecule has 0 spiro atoms. The van der Waals surface area contributed by atoms with E-state index < -0.39 is 6.10 Å². The van der Waals surface area contributed by atoms with Crippen LogP contribution in [0.3, 0.4) is 0 Å². The van der Waals surface area contributed by atoms with Gasteiger partial charge in [-0.3, -0.25) is 0 Å². The third-order valence-electron chi connectivity index (χ3n) is 3.22. The smallest absolute Gasteiger partial charge is 0.0914 e. The second-order valence-corrected chi connectivity index (χ2v) is 6.49. The van der Waals surface area contributed by atoms with Crippen LogP contribution in [-0.2, 0) is 0 Å². The fourth-order valence-corrected chi connectivity index (χ4v) is 3.10. The molecule has 0 saturated carbocycles. The number of aliphatic hydroxyl groups excluding tert-OH is 1. The molecule has 0 fully saturated rings. The van der Waals surface area contributed by atoms with Crippen molar-refractivity contribution in [2.75, 3.05) is 6.54 Å². The molecule has 0 bridgehead atoms. The van der Waals surface area contributed by atoms with Crippen molar-refractivity contribution in [3.63, 3.8) is 0 Å². The summed E-state index contributed by atoms with van der Waals surface area (Å²) in [4.78, 5) is 0. The van der Waals surface area contributed by atoms with E-state index in [1.54, 1.807) is 0 Å². The summed E-state index contributed by atoms with van der Waals surface area (Å²) in [5.41, 5.74) is 2.10. The number of benzene rings is 2. The van der Waals surface area contributed by atoms with Gasteiger partial charge in [-0.15, -0.1) is 0 Å². The Morgan fingerprint density at radius 1 is 1.10 bits per heavy atom. The van der Waals surface area contributed by atoms with E-state index in [9.17, 15) is 5.11 Å². The Morgan fingerprint density at radius 2 is 1.85 bits per heavy atom. The first-order valence-corrected chi connectivity index (χ1v) is 8.08. The lowest BCUT2D eigenvalue weighted by Crippen LogP contribution is -2.24. The molecule has 4 heteroatoms. The summed E-state index contributed by atoms with van der Waals surface area (Å²) in [5.74, 6) is 0. The highest BCUT2D eigenvalue weighted by Crippen LogP contribution is 2.23. The van der Waals surface area contributed by atoms with Crippen LogP contribution >= 0.6 is 31.9 Å². The lowest BCUT2D eigenvalue weighted by molar-refractivity contribution is 0.170. The van der Waals surface area contributed by atoms with Gasteiger partial charge in [-0.1, -0.05) is 62.2 Å². The average Bonchev–Trinajstić information content (AvgIpc) is 2.45. The molecule has 2 N–H and O–H groups in total. The zero-order valence-corrected chi connectivity index (χ0v) is 14.4. The Bertz CT molecular complexity index is 574. The molecule has 0 saturated heterocycles. The minimum Gasteiger partial charge on any atom is -0.387 e. The van der Waals surface area contributed by atoms with Crippen LogP contribution in [0, 0.1) is 0 Å². The fourth-order valence-electron chi connectivity index (χ4n) is 2.06. The molecule has 106 valence electrons. The first-order chi connectivity index (χ1) is 9.58. The Kier molecular flexibility index (Phi) is 5.78. The van der Waals surface area contributed by atoms with Crippen molar-refractivity contribution in [3.05, 3.63) is 68.6 Å². The van der Waals surface area contributed by atoms with E-state index in [0.29, 0.717) is 6.54 Å². The lowest BCUT2D eigenvalue weighted by atomic mass is 10.1. The van der Waals surface area contributed by atoms with Crippen LogP contribution in [0.25, 0.3) is 0 Å². The average molecular weight is 399 g/mol. The maximum atomic E-state index is 10.2. The molecule has 0 aliphatic rings. The van der Waals surface area contributed by atoms with Crippen molar-refractivity contribution >= 4 is 31.9 Å². The van der Waals surface area contributed by atoms with Gasteiger partial charge in [0.15, 0.2) is 0 Å². The number of hydrogen-bond donors (Lipinski definition) is 2. The summed E-state index contributed by atoms with van der Waals surface area (Å²) in [6.07, 6.45) is -0.516. The van der Waals surface area contributed by atoms with Gasteiger partial charge in [-0.05, 0) is 36.2 Å². The summed E-state index contributed by atoms with van der Waals surface area (Å²) >= 11 is 6.97. The number of halogens is 2. The standard InChI is InChI=1S/C16H17Br2NO/c1-11(14-7-2-3-8-15(14)18)19-10-16(20)12-5-4-6-13(17)9-12/h2-9,11,16,19-20H,10H2,1H3/t11-,16?/m0/s1. The van der Waals surface area contributed by atoms with Gasteiger partial charge in [0.25, 0.3) is 0 Å². The van der Waals surface area contributed by atoms with E-state index in [2.05, 4.69) is 50.2 Å². The minimum absolute atomic E-state index is 0.173. The molecule has 2 nitrogen and oxygen atoms in total. The van der Waals surface area contributed by atoms with E-state index in [-0.39, 0.29) is 6.04 Å². The van der Waals surface area contributed by atoms with Gasteiger partial charge in [0.05, 0.1) is 6.10 Å². The van der Waals surface area contributed by atoms with E-state index >= 15 is 0 Å². The zero-order chi connectivity index (χ0) is 14.5. The topological polar surface area (TPSA) is 32.3 Å². The van der Waals surface area contributed by atoms with E-state index in [1.165, 1.54) is 5.56 Å². The molecule has 2 aromatic rings. The van der Waals surface area contributed by atoms with E-state index in [0.717, 1.165) is 14.5 Å². The quantitative estimate of drug-likeness (QED) is 0.771. The summed E-state index contributed by atoms with van der Waals surface area (Å²) in [6.45, 7) is 2.60. The van der Waals surface area contributed by atoms with Crippen LogP contribution in [0.1, 0.15) is 30.2 Å². The highest BCUT2D eigenvalue weighted by atomic mass is 79.9. The zero-order valence-electron chi connectivity index (χ0n) is 11.2. The minimum atomic E-state index is -0.516. The SMILES string of the molecule is C[C@H](NCC(O)c1cccc(Br)c1)c1ccccc1Br. The van der Waals surface area contributed by atoms with Gasteiger partial charge in [0.2, 0.25) is 0 Å². The maximum absolute atomic E-state index is 10.2. The van der Waals surface area contributed by atoms with Crippen LogP contribution < -0.4 is 5.32 Å². The number of nitrogens with one attached hydrogen (secondary N) is 1. The number of aliphatic hydroxyl groups is 1. The molecule has 0 aromatic heterocycles. The highest BCUT2D eigenvalue weighted by molar-refractivity contribution is 9.10. The molecule has 2 atom stereocenters. The number of hydrogen-bond acceptors (Lipinski definition) is 2. The van der Waals surface area contributed by atoms with E-state index in [4.69, 9.17) is 0 Å². The van der Waals surface area contributed by atoms with Crippen LogP contribution in [0.5, 0.6) is 0 Å². The van der Waals surface area contributed by atoms with Crippen LogP contribution in [0.15, 0.2) is 57.5 Å². The van der Waals surface area contributed by atoms with Crippen LogP contribution in [0.4, 0.5) is 0 Å². The van der Waals surface area contributed by atoms with Gasteiger partial charge in [0.1, 0.15) is 0 Å². The Hall–Kier alpha value is -0.680.